The molecule has 38 heavy (non-hydrogen) atoms. The van der Waals surface area contributed by atoms with Crippen molar-refractivity contribution in [2.75, 3.05) is 46.4 Å². The highest BCUT2D eigenvalue weighted by Gasteiger charge is 2.53. The fourth-order valence-electron chi connectivity index (χ4n) is 9.01. The van der Waals surface area contributed by atoms with Gasteiger partial charge in [0.05, 0.1) is 6.61 Å². The summed E-state index contributed by atoms with van der Waals surface area (Å²) in [4.78, 5) is 2.54. The van der Waals surface area contributed by atoms with E-state index in [1.54, 1.807) is 0 Å². The first-order valence-electron chi connectivity index (χ1n) is 15.8. The average molecular weight is 551 g/mol. The Kier molecular flexibility index (Phi) is 9.59. The van der Waals surface area contributed by atoms with Gasteiger partial charge in [0.2, 0.25) is 10.0 Å². The molecule has 0 radical (unpaired) electrons. The molecule has 0 aromatic carbocycles. The minimum atomic E-state index is -3.43. The monoisotopic (exact) mass is 550 g/mol. The molecule has 2 saturated heterocycles. The Morgan fingerprint density at radius 2 is 1.71 bits per heavy atom. The first-order chi connectivity index (χ1) is 18.4. The van der Waals surface area contributed by atoms with E-state index in [9.17, 15) is 8.42 Å². The Labute approximate surface area is 232 Å². The zero-order chi connectivity index (χ0) is 26.9. The molecule has 0 aromatic rings. The molecule has 5 unspecified atom stereocenters. The van der Waals surface area contributed by atoms with Gasteiger partial charge in [0, 0.05) is 51.9 Å². The number of nitrogens with zero attached hydrogens (tertiary/aromatic N) is 3. The van der Waals surface area contributed by atoms with Crippen molar-refractivity contribution < 1.29 is 13.2 Å². The molecule has 0 aromatic heterocycles. The van der Waals surface area contributed by atoms with Gasteiger partial charge in [0.25, 0.3) is 0 Å². The van der Waals surface area contributed by atoms with Gasteiger partial charge < -0.3 is 4.74 Å². The molecule has 0 spiro atoms. The van der Waals surface area contributed by atoms with Crippen LogP contribution < -0.4 is 5.43 Å². The van der Waals surface area contributed by atoms with Crippen LogP contribution in [0.1, 0.15) is 78.6 Å². The van der Waals surface area contributed by atoms with Gasteiger partial charge >= 0.3 is 0 Å². The van der Waals surface area contributed by atoms with Crippen molar-refractivity contribution in [1.29, 1.82) is 0 Å². The molecular weight excluding hydrogens is 496 g/mol. The lowest BCUT2D eigenvalue weighted by molar-refractivity contribution is -0.119. The molecule has 5 aliphatic rings. The lowest BCUT2D eigenvalue weighted by Gasteiger charge is -2.60. The van der Waals surface area contributed by atoms with Crippen molar-refractivity contribution in [3.8, 4) is 0 Å². The van der Waals surface area contributed by atoms with Gasteiger partial charge in [-0.15, -0.1) is 0 Å². The number of hydrogen-bond acceptors (Lipinski definition) is 6. The second-order valence-corrected chi connectivity index (χ2v) is 15.2. The van der Waals surface area contributed by atoms with E-state index in [4.69, 9.17) is 4.74 Å². The van der Waals surface area contributed by atoms with E-state index < -0.39 is 15.4 Å². The van der Waals surface area contributed by atoms with E-state index >= 15 is 0 Å². The Balaban J connectivity index is 1.29. The number of hydrogen-bond donors (Lipinski definition) is 1. The van der Waals surface area contributed by atoms with Crippen LogP contribution >= 0.6 is 0 Å². The zero-order valence-corrected chi connectivity index (χ0v) is 25.2. The predicted octanol–water partition coefficient (Wildman–Crippen LogP) is 4.33. The largest absolute Gasteiger partial charge is 0.383 e. The van der Waals surface area contributed by atoms with Crippen LogP contribution in [0.25, 0.3) is 0 Å². The summed E-state index contributed by atoms with van der Waals surface area (Å²) in [5.41, 5.74) is 3.32. The van der Waals surface area contributed by atoms with Crippen molar-refractivity contribution in [1.82, 2.24) is 19.6 Å². The van der Waals surface area contributed by atoms with E-state index in [2.05, 4.69) is 43.2 Å². The molecule has 7 atom stereocenters. The van der Waals surface area contributed by atoms with Gasteiger partial charge in [0.1, 0.15) is 5.37 Å². The third-order valence-electron chi connectivity index (χ3n) is 11.2. The second kappa shape index (κ2) is 12.6. The Morgan fingerprint density at radius 1 is 0.974 bits per heavy atom. The van der Waals surface area contributed by atoms with Crippen LogP contribution in [0.2, 0.25) is 0 Å². The lowest BCUT2D eigenvalue weighted by atomic mass is 9.60. The third-order valence-corrected chi connectivity index (χ3v) is 13.4. The summed E-state index contributed by atoms with van der Waals surface area (Å²) in [5, 5.41) is 1.52. The number of hydrazine groups is 1. The highest BCUT2D eigenvalue weighted by atomic mass is 32.2. The predicted molar refractivity (Wildman–Crippen MR) is 154 cm³/mol. The number of fused-ring (bicyclic) bond motifs is 1. The van der Waals surface area contributed by atoms with Crippen molar-refractivity contribution in [2.45, 2.75) is 96.0 Å². The van der Waals surface area contributed by atoms with Crippen LogP contribution in [0, 0.1) is 35.5 Å². The zero-order valence-electron chi connectivity index (χ0n) is 24.4. The minimum Gasteiger partial charge on any atom is -0.383 e. The molecule has 1 N–H and O–H groups in total. The van der Waals surface area contributed by atoms with Crippen LogP contribution in [-0.4, -0.2) is 86.5 Å². The van der Waals surface area contributed by atoms with Crippen molar-refractivity contribution in [3.63, 3.8) is 0 Å². The summed E-state index contributed by atoms with van der Waals surface area (Å²) in [6, 6.07) is 0.691. The van der Waals surface area contributed by atoms with E-state index in [0.717, 1.165) is 56.3 Å². The number of ether oxygens (including phenoxy) is 1. The summed E-state index contributed by atoms with van der Waals surface area (Å²) < 4.78 is 35.4. The van der Waals surface area contributed by atoms with Crippen LogP contribution in [0.3, 0.4) is 0 Å². The molecule has 0 bridgehead atoms. The van der Waals surface area contributed by atoms with E-state index in [1.165, 1.54) is 44.9 Å². The molecular formula is C30H54N4O3S. The van der Waals surface area contributed by atoms with Crippen molar-refractivity contribution >= 4 is 10.0 Å². The topological polar surface area (TPSA) is 65.1 Å². The standard InChI is InChI=1S/C30H54N4O3S/c1-5-17-34-29(15-16-31-34)38(35,36)32-18-6-7-19-33-27(20-32)30(28(33)21-37-4)25-13-11-24(12-14-25)26-10-8-9-22(2)23(26)3/h6-7,22-31H,5,8-21H2,1-4H3/b7-6-/t22?,23?,24?,25?,26?,27?,28-,29?,30+/m1/s1. The first kappa shape index (κ1) is 29.0. The normalized spacial score (nSPS) is 42.7. The second-order valence-electron chi connectivity index (χ2n) is 13.1. The van der Waals surface area contributed by atoms with Gasteiger partial charge in [-0.25, -0.2) is 13.4 Å². The third kappa shape index (κ3) is 5.64. The molecule has 5 rings (SSSR count). The van der Waals surface area contributed by atoms with Gasteiger partial charge in [-0.3, -0.25) is 10.3 Å². The Morgan fingerprint density at radius 3 is 2.45 bits per heavy atom. The van der Waals surface area contributed by atoms with Crippen LogP contribution in [0.15, 0.2) is 12.2 Å². The van der Waals surface area contributed by atoms with Crippen molar-refractivity contribution in [3.05, 3.63) is 12.2 Å². The first-order valence-corrected chi connectivity index (χ1v) is 17.3. The van der Waals surface area contributed by atoms with Gasteiger partial charge in [-0.05, 0) is 80.5 Å². The maximum Gasteiger partial charge on any atom is 0.232 e. The van der Waals surface area contributed by atoms with Crippen LogP contribution in [0.5, 0.6) is 0 Å². The molecule has 8 heteroatoms. The maximum atomic E-state index is 13.9. The minimum absolute atomic E-state index is 0.291. The number of methoxy groups -OCH3 is 1. The summed E-state index contributed by atoms with van der Waals surface area (Å²) in [5.74, 6) is 4.73. The summed E-state index contributed by atoms with van der Waals surface area (Å²) in [6.07, 6.45) is 15.4. The van der Waals surface area contributed by atoms with Gasteiger partial charge in [0.15, 0.2) is 0 Å². The van der Waals surface area contributed by atoms with E-state index in [-0.39, 0.29) is 0 Å². The Hall–Kier alpha value is -0.510. The van der Waals surface area contributed by atoms with Crippen molar-refractivity contribution in [2.24, 2.45) is 35.5 Å². The molecule has 3 heterocycles. The lowest BCUT2D eigenvalue weighted by Crippen LogP contribution is -2.71. The summed E-state index contributed by atoms with van der Waals surface area (Å²) in [7, 11) is -1.61. The Bertz CT molecular complexity index is 905. The highest BCUT2D eigenvalue weighted by molar-refractivity contribution is 7.89. The molecule has 2 aliphatic carbocycles. The molecule has 7 nitrogen and oxygen atoms in total. The molecule has 3 aliphatic heterocycles. The SMILES string of the molecule is CCCN1NCCC1S(=O)(=O)N1C/C=C\CN2C(C1)[C@H](C1CCC(C3CCCC(C)C3C)CC1)[C@H]2COC. The van der Waals surface area contributed by atoms with Crippen LogP contribution in [0.4, 0.5) is 0 Å². The fourth-order valence-corrected chi connectivity index (χ4v) is 10.9. The summed E-state index contributed by atoms with van der Waals surface area (Å²) in [6.45, 7) is 11.4. The quantitative estimate of drug-likeness (QED) is 0.454. The van der Waals surface area contributed by atoms with Gasteiger partial charge in [-0.1, -0.05) is 45.8 Å². The van der Waals surface area contributed by atoms with Crippen LogP contribution in [-0.2, 0) is 14.8 Å². The average Bonchev–Trinajstić information content (AvgIpc) is 3.36. The molecule has 2 saturated carbocycles. The van der Waals surface area contributed by atoms with Gasteiger partial charge in [-0.2, -0.15) is 4.31 Å². The molecule has 4 fully saturated rings. The number of rotatable bonds is 8. The van der Waals surface area contributed by atoms with E-state index in [1.807, 2.05) is 16.4 Å². The number of nitrogens with one attached hydrogen (secondary N) is 1. The highest BCUT2D eigenvalue weighted by Crippen LogP contribution is 2.50. The number of sulfonamides is 1. The van der Waals surface area contributed by atoms with E-state index in [0.29, 0.717) is 43.4 Å². The smallest absolute Gasteiger partial charge is 0.232 e. The molecule has 218 valence electrons. The molecule has 0 amide bonds. The maximum absolute atomic E-state index is 13.9. The fraction of sp³-hybridized carbons (Fsp3) is 0.933. The summed E-state index contributed by atoms with van der Waals surface area (Å²) >= 11 is 0.